The minimum Gasteiger partial charge on any atom is -0.361 e. The van der Waals surface area contributed by atoms with Crippen LogP contribution in [0, 0.1) is 0 Å². The van der Waals surface area contributed by atoms with Crippen molar-refractivity contribution in [3.05, 3.63) is 0 Å². The molecule has 3 nitrogen and oxygen atoms in total. The molecule has 1 atom stereocenters. The number of likely N-dealkylation sites (N-methyl/N-ethyl adjacent to an activating group) is 1. The molecule has 1 aliphatic rings. The van der Waals surface area contributed by atoms with Crippen LogP contribution in [-0.2, 0) is 4.74 Å². The first-order chi connectivity index (χ1) is 3.93. The standard InChI is InChI=1S/C5H12N2O/c1-6-4-5-7-2-3-8-5/h5-7H,2-4H2,1H3. The summed E-state index contributed by atoms with van der Waals surface area (Å²) in [5.41, 5.74) is 0. The lowest BCUT2D eigenvalue weighted by atomic mass is 10.6. The van der Waals surface area contributed by atoms with Crippen molar-refractivity contribution in [2.24, 2.45) is 0 Å². The lowest BCUT2D eigenvalue weighted by Crippen LogP contribution is -2.32. The molecule has 48 valence electrons. The summed E-state index contributed by atoms with van der Waals surface area (Å²) < 4.78 is 5.22. The van der Waals surface area contributed by atoms with Crippen molar-refractivity contribution in [3.63, 3.8) is 0 Å². The third-order valence-corrected chi connectivity index (χ3v) is 1.18. The maximum absolute atomic E-state index is 5.22. The Morgan fingerprint density at radius 3 is 3.25 bits per heavy atom. The molecule has 0 radical (unpaired) electrons. The molecule has 0 spiro atoms. The quantitative estimate of drug-likeness (QED) is 0.493. The summed E-state index contributed by atoms with van der Waals surface area (Å²) in [6.07, 6.45) is 0.250. The van der Waals surface area contributed by atoms with E-state index in [4.69, 9.17) is 4.74 Å². The molecule has 1 aliphatic heterocycles. The monoisotopic (exact) mass is 116 g/mol. The van der Waals surface area contributed by atoms with Crippen molar-refractivity contribution in [3.8, 4) is 0 Å². The fourth-order valence-corrected chi connectivity index (χ4v) is 0.797. The van der Waals surface area contributed by atoms with Crippen LogP contribution in [0.25, 0.3) is 0 Å². The molecular weight excluding hydrogens is 104 g/mol. The van der Waals surface area contributed by atoms with E-state index >= 15 is 0 Å². The maximum atomic E-state index is 5.22. The van der Waals surface area contributed by atoms with E-state index in [9.17, 15) is 0 Å². The van der Waals surface area contributed by atoms with Crippen LogP contribution < -0.4 is 10.6 Å². The molecule has 0 aromatic heterocycles. The van der Waals surface area contributed by atoms with E-state index in [1.807, 2.05) is 7.05 Å². The Labute approximate surface area is 49.4 Å². The van der Waals surface area contributed by atoms with Gasteiger partial charge in [0.2, 0.25) is 0 Å². The van der Waals surface area contributed by atoms with E-state index in [1.54, 1.807) is 0 Å². The van der Waals surface area contributed by atoms with Crippen molar-refractivity contribution < 1.29 is 4.74 Å². The SMILES string of the molecule is CNCC1NCCO1. The molecule has 1 fully saturated rings. The molecule has 0 aliphatic carbocycles. The summed E-state index contributed by atoms with van der Waals surface area (Å²) in [6.45, 7) is 2.75. The molecule has 8 heavy (non-hydrogen) atoms. The summed E-state index contributed by atoms with van der Waals surface area (Å²) in [5.74, 6) is 0. The predicted molar refractivity (Wildman–Crippen MR) is 31.7 cm³/mol. The van der Waals surface area contributed by atoms with E-state index in [2.05, 4.69) is 10.6 Å². The fraction of sp³-hybridized carbons (Fsp3) is 1.00. The molecule has 1 unspecified atom stereocenters. The Morgan fingerprint density at radius 2 is 2.75 bits per heavy atom. The van der Waals surface area contributed by atoms with E-state index < -0.39 is 0 Å². The van der Waals surface area contributed by atoms with E-state index in [1.165, 1.54) is 0 Å². The summed E-state index contributed by atoms with van der Waals surface area (Å²) in [5, 5.41) is 6.19. The summed E-state index contributed by atoms with van der Waals surface area (Å²) in [4.78, 5) is 0. The lowest BCUT2D eigenvalue weighted by molar-refractivity contribution is 0.102. The number of nitrogens with one attached hydrogen (secondary N) is 2. The van der Waals surface area contributed by atoms with Crippen LogP contribution in [0.2, 0.25) is 0 Å². The Bertz CT molecular complexity index is 61.4. The third-order valence-electron chi connectivity index (χ3n) is 1.18. The lowest BCUT2D eigenvalue weighted by Gasteiger charge is -2.06. The van der Waals surface area contributed by atoms with Crippen LogP contribution in [0.3, 0.4) is 0 Å². The van der Waals surface area contributed by atoms with Crippen molar-refractivity contribution in [1.82, 2.24) is 10.6 Å². The van der Waals surface area contributed by atoms with Gasteiger partial charge in [-0.15, -0.1) is 0 Å². The molecule has 2 N–H and O–H groups in total. The molecule has 3 heteroatoms. The zero-order valence-electron chi connectivity index (χ0n) is 5.11. The topological polar surface area (TPSA) is 33.3 Å². The zero-order chi connectivity index (χ0) is 5.82. The largest absolute Gasteiger partial charge is 0.361 e. The Kier molecular flexibility index (Phi) is 2.27. The molecule has 0 aromatic rings. The van der Waals surface area contributed by atoms with Crippen LogP contribution in [0.4, 0.5) is 0 Å². The fourth-order valence-electron chi connectivity index (χ4n) is 0.797. The van der Waals surface area contributed by atoms with Crippen LogP contribution in [-0.4, -0.2) is 33.0 Å². The summed E-state index contributed by atoms with van der Waals surface area (Å²) in [7, 11) is 1.92. The van der Waals surface area contributed by atoms with Crippen LogP contribution in [0.5, 0.6) is 0 Å². The van der Waals surface area contributed by atoms with Gasteiger partial charge >= 0.3 is 0 Å². The molecule has 1 heterocycles. The maximum Gasteiger partial charge on any atom is 0.120 e. The van der Waals surface area contributed by atoms with Gasteiger partial charge < -0.3 is 10.1 Å². The second-order valence-electron chi connectivity index (χ2n) is 1.87. The van der Waals surface area contributed by atoms with Gasteiger partial charge in [-0.1, -0.05) is 0 Å². The first-order valence-electron chi connectivity index (χ1n) is 2.93. The molecule has 1 saturated heterocycles. The van der Waals surface area contributed by atoms with Crippen molar-refractivity contribution in [2.45, 2.75) is 6.23 Å². The second kappa shape index (κ2) is 3.02. The van der Waals surface area contributed by atoms with Gasteiger partial charge in [-0.3, -0.25) is 5.32 Å². The predicted octanol–water partition coefficient (Wildman–Crippen LogP) is -0.848. The van der Waals surface area contributed by atoms with Crippen LogP contribution >= 0.6 is 0 Å². The van der Waals surface area contributed by atoms with Crippen molar-refractivity contribution in [2.75, 3.05) is 26.7 Å². The van der Waals surface area contributed by atoms with Crippen LogP contribution in [0.15, 0.2) is 0 Å². The van der Waals surface area contributed by atoms with Gasteiger partial charge in [-0.05, 0) is 7.05 Å². The molecule has 0 saturated carbocycles. The Balaban J connectivity index is 2.06. The van der Waals surface area contributed by atoms with E-state index in [0.29, 0.717) is 0 Å². The van der Waals surface area contributed by atoms with Gasteiger partial charge in [0.05, 0.1) is 6.61 Å². The highest BCUT2D eigenvalue weighted by Gasteiger charge is 2.11. The minimum absolute atomic E-state index is 0.250. The number of ether oxygens (including phenoxy) is 1. The highest BCUT2D eigenvalue weighted by Crippen LogP contribution is 1.91. The van der Waals surface area contributed by atoms with Gasteiger partial charge in [-0.2, -0.15) is 0 Å². The average molecular weight is 116 g/mol. The molecular formula is C5H12N2O. The summed E-state index contributed by atoms with van der Waals surface area (Å²) in [6, 6.07) is 0. The second-order valence-corrected chi connectivity index (χ2v) is 1.87. The molecule has 1 rings (SSSR count). The van der Waals surface area contributed by atoms with Crippen molar-refractivity contribution in [1.29, 1.82) is 0 Å². The number of hydrogen-bond acceptors (Lipinski definition) is 3. The molecule has 0 amide bonds. The zero-order valence-corrected chi connectivity index (χ0v) is 5.11. The third kappa shape index (κ3) is 1.43. The Morgan fingerprint density at radius 1 is 1.88 bits per heavy atom. The van der Waals surface area contributed by atoms with E-state index in [0.717, 1.165) is 19.7 Å². The number of rotatable bonds is 2. The highest BCUT2D eigenvalue weighted by atomic mass is 16.5. The van der Waals surface area contributed by atoms with Gasteiger partial charge in [0.15, 0.2) is 0 Å². The minimum atomic E-state index is 0.250. The van der Waals surface area contributed by atoms with Gasteiger partial charge in [0.1, 0.15) is 6.23 Å². The number of hydrogen-bond donors (Lipinski definition) is 2. The molecule has 0 bridgehead atoms. The first-order valence-corrected chi connectivity index (χ1v) is 2.93. The summed E-state index contributed by atoms with van der Waals surface area (Å²) >= 11 is 0. The van der Waals surface area contributed by atoms with Gasteiger partial charge in [0.25, 0.3) is 0 Å². The smallest absolute Gasteiger partial charge is 0.120 e. The Hall–Kier alpha value is -0.120. The van der Waals surface area contributed by atoms with Crippen LogP contribution in [0.1, 0.15) is 0 Å². The van der Waals surface area contributed by atoms with Gasteiger partial charge in [-0.25, -0.2) is 0 Å². The van der Waals surface area contributed by atoms with Crippen molar-refractivity contribution >= 4 is 0 Å². The normalized spacial score (nSPS) is 28.9. The molecule has 0 aromatic carbocycles. The van der Waals surface area contributed by atoms with Gasteiger partial charge in [0, 0.05) is 13.1 Å². The first kappa shape index (κ1) is 6.01. The van der Waals surface area contributed by atoms with E-state index in [-0.39, 0.29) is 6.23 Å². The highest BCUT2D eigenvalue weighted by molar-refractivity contribution is 4.63. The average Bonchev–Trinajstić information content (AvgIpc) is 2.19.